The highest BCUT2D eigenvalue weighted by molar-refractivity contribution is 6.67. The van der Waals surface area contributed by atoms with E-state index in [1.807, 2.05) is 0 Å². The summed E-state index contributed by atoms with van der Waals surface area (Å²) in [4.78, 5) is 25.5. The third-order valence-electron chi connectivity index (χ3n) is 0.873. The number of hydrogen-bond donors (Lipinski definition) is 1. The number of ketones is 1. The van der Waals surface area contributed by atoms with Crippen LogP contribution in [0.5, 0.6) is 0 Å². The Bertz CT molecular complexity index is 214. The number of carbonyl (C=O) groups is 2. The Balaban J connectivity index is 4.43. The summed E-state index contributed by atoms with van der Waals surface area (Å²) in [5.74, 6) is -2.62. The van der Waals surface area contributed by atoms with Crippen molar-refractivity contribution in [1.29, 1.82) is 0 Å². The second-order valence-corrected chi connectivity index (χ2v) is 1.99. The monoisotopic (exact) mass is 193 g/mol. The van der Waals surface area contributed by atoms with E-state index in [9.17, 15) is 9.59 Å². The van der Waals surface area contributed by atoms with Gasteiger partial charge in [0.2, 0.25) is 11.5 Å². The molecular formula is C6H8ClNO4. The van der Waals surface area contributed by atoms with Crippen LogP contribution < -0.4 is 0 Å². The summed E-state index contributed by atoms with van der Waals surface area (Å²) in [5.41, 5.74) is -0.674. The molecule has 0 unspecified atom stereocenters. The molecule has 0 saturated heterocycles. The van der Waals surface area contributed by atoms with Crippen molar-refractivity contribution < 1.29 is 19.5 Å². The summed E-state index contributed by atoms with van der Waals surface area (Å²) in [6.45, 7) is 1.82. The Hall–Kier alpha value is -1.10. The van der Waals surface area contributed by atoms with Crippen LogP contribution in [0.2, 0.25) is 0 Å². The Morgan fingerprint density at radius 3 is 2.50 bits per heavy atom. The molecule has 1 N–H and O–H groups in total. The van der Waals surface area contributed by atoms with Crippen LogP contribution in [0.1, 0.15) is 6.92 Å². The maximum absolute atomic E-state index is 10.7. The van der Waals surface area contributed by atoms with Gasteiger partial charge in [-0.2, -0.15) is 0 Å². The van der Waals surface area contributed by atoms with Crippen LogP contribution in [0, 0.1) is 0 Å². The van der Waals surface area contributed by atoms with Gasteiger partial charge in [-0.1, -0.05) is 5.16 Å². The molecule has 0 aromatic carbocycles. The molecule has 0 aromatic heterocycles. The fourth-order valence-corrected chi connectivity index (χ4v) is 0.528. The molecular weight excluding hydrogens is 186 g/mol. The maximum Gasteiger partial charge on any atom is 0.361 e. The molecule has 5 nitrogen and oxygen atoms in total. The molecule has 0 saturated carbocycles. The number of Topliss-reactive ketones (excluding diaryl/α,β-unsaturated/α-hetero) is 1. The van der Waals surface area contributed by atoms with Crippen molar-refractivity contribution in [3.63, 3.8) is 0 Å². The van der Waals surface area contributed by atoms with E-state index >= 15 is 0 Å². The standard InChI is InChI=1S/C6H8ClNO4/c1-2-12-8-5(6(10)11)4(9)3-7/h2-3H2,1H3,(H,10,11). The number of alkyl halides is 1. The predicted molar refractivity (Wildman–Crippen MR) is 42.4 cm³/mol. The lowest BCUT2D eigenvalue weighted by atomic mass is 10.3. The second kappa shape index (κ2) is 5.54. The van der Waals surface area contributed by atoms with Crippen molar-refractivity contribution in [3.05, 3.63) is 0 Å². The molecule has 0 aliphatic carbocycles. The van der Waals surface area contributed by atoms with E-state index in [0.29, 0.717) is 0 Å². The van der Waals surface area contributed by atoms with Gasteiger partial charge in [0.15, 0.2) is 0 Å². The highest BCUT2D eigenvalue weighted by atomic mass is 35.5. The van der Waals surface area contributed by atoms with Crippen LogP contribution in [0.4, 0.5) is 0 Å². The fraction of sp³-hybridized carbons (Fsp3) is 0.500. The average molecular weight is 194 g/mol. The van der Waals surface area contributed by atoms with E-state index < -0.39 is 23.3 Å². The van der Waals surface area contributed by atoms with E-state index in [2.05, 4.69) is 9.99 Å². The summed E-state index contributed by atoms with van der Waals surface area (Å²) in [6.07, 6.45) is 0. The highest BCUT2D eigenvalue weighted by Gasteiger charge is 2.19. The number of hydrogen-bond acceptors (Lipinski definition) is 4. The Kier molecular flexibility index (Phi) is 5.03. The summed E-state index contributed by atoms with van der Waals surface area (Å²) in [6, 6.07) is 0. The van der Waals surface area contributed by atoms with Crippen molar-refractivity contribution >= 4 is 29.1 Å². The second-order valence-electron chi connectivity index (χ2n) is 1.72. The van der Waals surface area contributed by atoms with Crippen molar-refractivity contribution in [3.8, 4) is 0 Å². The molecule has 0 spiro atoms. The number of carbonyl (C=O) groups excluding carboxylic acids is 1. The topological polar surface area (TPSA) is 76.0 Å². The quantitative estimate of drug-likeness (QED) is 0.294. The van der Waals surface area contributed by atoms with Crippen LogP contribution >= 0.6 is 11.6 Å². The molecule has 0 aliphatic rings. The molecule has 0 atom stereocenters. The third-order valence-corrected chi connectivity index (χ3v) is 1.12. The summed E-state index contributed by atoms with van der Waals surface area (Å²) >= 11 is 5.12. The fourth-order valence-electron chi connectivity index (χ4n) is 0.402. The molecule has 0 rings (SSSR count). The zero-order valence-corrected chi connectivity index (χ0v) is 7.17. The first-order valence-electron chi connectivity index (χ1n) is 3.15. The summed E-state index contributed by atoms with van der Waals surface area (Å²) in [5, 5.41) is 11.5. The predicted octanol–water partition coefficient (Wildman–Crippen LogP) is 0.271. The van der Waals surface area contributed by atoms with Gasteiger partial charge in [-0.05, 0) is 6.92 Å². The van der Waals surface area contributed by atoms with Crippen LogP contribution in [0.25, 0.3) is 0 Å². The van der Waals surface area contributed by atoms with Gasteiger partial charge in [0.25, 0.3) is 0 Å². The molecule has 0 bridgehead atoms. The van der Waals surface area contributed by atoms with Crippen molar-refractivity contribution in [2.24, 2.45) is 5.16 Å². The van der Waals surface area contributed by atoms with E-state index in [0.717, 1.165) is 0 Å². The molecule has 12 heavy (non-hydrogen) atoms. The Labute approximate surface area is 73.9 Å². The SMILES string of the molecule is CCON=C(C(=O)O)C(=O)CCl. The molecule has 0 aliphatic heterocycles. The molecule has 0 amide bonds. The average Bonchev–Trinajstić information content (AvgIpc) is 2.04. The Morgan fingerprint density at radius 1 is 1.58 bits per heavy atom. The van der Waals surface area contributed by atoms with Crippen LogP contribution in [0.15, 0.2) is 5.16 Å². The zero-order chi connectivity index (χ0) is 9.56. The minimum Gasteiger partial charge on any atom is -0.476 e. The lowest BCUT2D eigenvalue weighted by molar-refractivity contribution is -0.130. The van der Waals surface area contributed by atoms with E-state index in [4.69, 9.17) is 16.7 Å². The maximum atomic E-state index is 10.7. The first kappa shape index (κ1) is 10.9. The number of carboxylic acid groups (broad SMARTS) is 1. The third kappa shape index (κ3) is 3.34. The van der Waals surface area contributed by atoms with E-state index in [-0.39, 0.29) is 6.61 Å². The minimum atomic E-state index is -1.44. The largest absolute Gasteiger partial charge is 0.476 e. The van der Waals surface area contributed by atoms with Gasteiger partial charge < -0.3 is 9.94 Å². The number of oxime groups is 1. The molecule has 0 heterocycles. The van der Waals surface area contributed by atoms with E-state index in [1.165, 1.54) is 0 Å². The van der Waals surface area contributed by atoms with Crippen LogP contribution in [-0.2, 0) is 14.4 Å². The summed E-state index contributed by atoms with van der Waals surface area (Å²) < 4.78 is 0. The number of aliphatic carboxylic acids is 1. The lowest BCUT2D eigenvalue weighted by Gasteiger charge is -1.96. The van der Waals surface area contributed by atoms with Gasteiger partial charge in [-0.3, -0.25) is 4.79 Å². The van der Waals surface area contributed by atoms with Gasteiger partial charge in [-0.15, -0.1) is 11.6 Å². The molecule has 0 aromatic rings. The van der Waals surface area contributed by atoms with Gasteiger partial charge in [-0.25, -0.2) is 4.79 Å². The Morgan fingerprint density at radius 2 is 2.17 bits per heavy atom. The molecule has 6 heteroatoms. The summed E-state index contributed by atoms with van der Waals surface area (Å²) in [7, 11) is 0. The van der Waals surface area contributed by atoms with Gasteiger partial charge in [0.05, 0.1) is 5.88 Å². The smallest absolute Gasteiger partial charge is 0.361 e. The molecule has 68 valence electrons. The van der Waals surface area contributed by atoms with Gasteiger partial charge in [0.1, 0.15) is 6.61 Å². The van der Waals surface area contributed by atoms with Gasteiger partial charge >= 0.3 is 5.97 Å². The first-order chi connectivity index (χ1) is 5.63. The van der Waals surface area contributed by atoms with E-state index in [1.54, 1.807) is 6.92 Å². The number of carboxylic acids is 1. The van der Waals surface area contributed by atoms with Crippen molar-refractivity contribution in [2.45, 2.75) is 6.92 Å². The van der Waals surface area contributed by atoms with Crippen LogP contribution in [0.3, 0.4) is 0 Å². The molecule has 0 fully saturated rings. The normalized spacial score (nSPS) is 11.0. The number of nitrogens with zero attached hydrogens (tertiary/aromatic N) is 1. The molecule has 0 radical (unpaired) electrons. The number of rotatable bonds is 5. The zero-order valence-electron chi connectivity index (χ0n) is 6.41. The van der Waals surface area contributed by atoms with Crippen molar-refractivity contribution in [1.82, 2.24) is 0 Å². The van der Waals surface area contributed by atoms with Crippen LogP contribution in [-0.4, -0.2) is 35.1 Å². The lowest BCUT2D eigenvalue weighted by Crippen LogP contribution is -2.25. The highest BCUT2D eigenvalue weighted by Crippen LogP contribution is 1.88. The first-order valence-corrected chi connectivity index (χ1v) is 3.69. The minimum absolute atomic E-state index is 0.201. The number of halogens is 1. The van der Waals surface area contributed by atoms with Gasteiger partial charge in [0, 0.05) is 0 Å². The van der Waals surface area contributed by atoms with Crippen molar-refractivity contribution in [2.75, 3.05) is 12.5 Å².